The lowest BCUT2D eigenvalue weighted by molar-refractivity contribution is -0.150. The van der Waals surface area contributed by atoms with Gasteiger partial charge in [-0.1, -0.05) is 29.8 Å². The second kappa shape index (κ2) is 5.43. The van der Waals surface area contributed by atoms with E-state index in [1.165, 1.54) is 18.2 Å². The molecule has 2 fully saturated rings. The van der Waals surface area contributed by atoms with E-state index in [0.29, 0.717) is 6.42 Å². The standard InChI is InChI=1S/C17H23NO3/c1-10-4-6-11(7-5-10)12-8-13-15(19)9-14(18(13)2)16(12)17(20)21-3/h4-7,12-16,19H,8-9H2,1-3H3/t12-,13?,14?,15-,16+/m1/s1. The third-order valence-electron chi connectivity index (χ3n) is 5.30. The molecule has 0 aromatic heterocycles. The van der Waals surface area contributed by atoms with Gasteiger partial charge >= 0.3 is 5.97 Å². The highest BCUT2D eigenvalue weighted by Gasteiger charge is 2.53. The number of benzene rings is 1. The summed E-state index contributed by atoms with van der Waals surface area (Å²) in [5.41, 5.74) is 2.39. The second-order valence-corrected chi connectivity index (χ2v) is 6.41. The summed E-state index contributed by atoms with van der Waals surface area (Å²) in [6.07, 6.45) is 1.11. The predicted octanol–water partition coefficient (Wildman–Crippen LogP) is 1.71. The highest BCUT2D eigenvalue weighted by molar-refractivity contribution is 5.75. The third kappa shape index (κ3) is 2.36. The molecule has 114 valence electrons. The SMILES string of the molecule is COC(=O)[C@@H]1C2C[C@@H](O)C(C[C@@H]1c1ccc(C)cc1)N2C. The fourth-order valence-electron chi connectivity index (χ4n) is 4.10. The lowest BCUT2D eigenvalue weighted by atomic mass is 9.76. The first-order valence-electron chi connectivity index (χ1n) is 7.57. The number of aryl methyl sites for hydroxylation is 1. The molecule has 0 spiro atoms. The normalized spacial score (nSPS) is 35.7. The van der Waals surface area contributed by atoms with E-state index >= 15 is 0 Å². The van der Waals surface area contributed by atoms with Crippen molar-refractivity contribution < 1.29 is 14.6 Å². The summed E-state index contributed by atoms with van der Waals surface area (Å²) in [7, 11) is 3.46. The number of methoxy groups -OCH3 is 1. The summed E-state index contributed by atoms with van der Waals surface area (Å²) < 4.78 is 5.05. The van der Waals surface area contributed by atoms with Gasteiger partial charge in [0.25, 0.3) is 0 Å². The van der Waals surface area contributed by atoms with Crippen LogP contribution in [0.2, 0.25) is 0 Å². The van der Waals surface area contributed by atoms with Crippen LogP contribution in [-0.2, 0) is 9.53 Å². The molecule has 2 heterocycles. The van der Waals surface area contributed by atoms with Gasteiger partial charge in [0.15, 0.2) is 0 Å². The number of fused-ring (bicyclic) bond motifs is 2. The van der Waals surface area contributed by atoms with Crippen molar-refractivity contribution in [1.29, 1.82) is 0 Å². The molecule has 21 heavy (non-hydrogen) atoms. The number of ether oxygens (including phenoxy) is 1. The molecule has 1 N–H and O–H groups in total. The average molecular weight is 289 g/mol. The molecule has 2 bridgehead atoms. The average Bonchev–Trinajstić information content (AvgIpc) is 2.66. The molecule has 2 saturated heterocycles. The van der Waals surface area contributed by atoms with Gasteiger partial charge in [-0.05, 0) is 32.4 Å². The molecule has 1 aromatic carbocycles. The minimum atomic E-state index is -0.345. The number of carbonyl (C=O) groups is 1. The van der Waals surface area contributed by atoms with Crippen LogP contribution in [0.4, 0.5) is 0 Å². The summed E-state index contributed by atoms with van der Waals surface area (Å²) in [6, 6.07) is 8.58. The first kappa shape index (κ1) is 14.5. The van der Waals surface area contributed by atoms with Gasteiger partial charge in [0.2, 0.25) is 0 Å². The van der Waals surface area contributed by atoms with Crippen molar-refractivity contribution in [2.24, 2.45) is 5.92 Å². The van der Waals surface area contributed by atoms with E-state index in [4.69, 9.17) is 4.74 Å². The van der Waals surface area contributed by atoms with Crippen LogP contribution in [0.1, 0.15) is 29.9 Å². The fourth-order valence-corrected chi connectivity index (χ4v) is 4.10. The molecule has 1 aromatic rings. The molecule has 2 aliphatic heterocycles. The quantitative estimate of drug-likeness (QED) is 0.842. The maximum atomic E-state index is 12.3. The number of hydrogen-bond donors (Lipinski definition) is 1. The molecule has 0 amide bonds. The van der Waals surface area contributed by atoms with E-state index < -0.39 is 0 Å². The molecule has 0 saturated carbocycles. The first-order chi connectivity index (χ1) is 10.0. The number of rotatable bonds is 2. The highest BCUT2D eigenvalue weighted by atomic mass is 16.5. The van der Waals surface area contributed by atoms with Crippen LogP contribution in [0.15, 0.2) is 24.3 Å². The Morgan fingerprint density at radius 2 is 1.90 bits per heavy atom. The van der Waals surface area contributed by atoms with Gasteiger partial charge in [-0.15, -0.1) is 0 Å². The number of esters is 1. The number of likely N-dealkylation sites (N-methyl/N-ethyl adjacent to an activating group) is 1. The summed E-state index contributed by atoms with van der Waals surface area (Å²) in [5, 5.41) is 10.3. The minimum Gasteiger partial charge on any atom is -0.469 e. The van der Waals surface area contributed by atoms with Crippen molar-refractivity contribution >= 4 is 5.97 Å². The summed E-state index contributed by atoms with van der Waals surface area (Å²) >= 11 is 0. The monoisotopic (exact) mass is 289 g/mol. The predicted molar refractivity (Wildman–Crippen MR) is 80.0 cm³/mol. The van der Waals surface area contributed by atoms with E-state index in [9.17, 15) is 9.90 Å². The van der Waals surface area contributed by atoms with Crippen molar-refractivity contribution in [3.05, 3.63) is 35.4 Å². The van der Waals surface area contributed by atoms with Crippen LogP contribution in [0.3, 0.4) is 0 Å². The van der Waals surface area contributed by atoms with Crippen LogP contribution in [-0.4, -0.2) is 48.3 Å². The Morgan fingerprint density at radius 1 is 1.24 bits per heavy atom. The zero-order valence-electron chi connectivity index (χ0n) is 12.8. The van der Waals surface area contributed by atoms with Gasteiger partial charge < -0.3 is 9.84 Å². The molecule has 2 unspecified atom stereocenters. The van der Waals surface area contributed by atoms with Crippen LogP contribution in [0.25, 0.3) is 0 Å². The van der Waals surface area contributed by atoms with Crippen LogP contribution in [0, 0.1) is 12.8 Å². The van der Waals surface area contributed by atoms with Crippen molar-refractivity contribution in [2.75, 3.05) is 14.2 Å². The molecule has 3 rings (SSSR count). The van der Waals surface area contributed by atoms with Gasteiger partial charge in [0.1, 0.15) is 0 Å². The highest BCUT2D eigenvalue weighted by Crippen LogP contribution is 2.46. The fraction of sp³-hybridized carbons (Fsp3) is 0.588. The zero-order valence-corrected chi connectivity index (χ0v) is 12.8. The van der Waals surface area contributed by atoms with Gasteiger partial charge in [0, 0.05) is 18.0 Å². The number of carbonyl (C=O) groups excluding carboxylic acids is 1. The van der Waals surface area contributed by atoms with E-state index in [-0.39, 0.29) is 36.0 Å². The molecule has 2 aliphatic rings. The van der Waals surface area contributed by atoms with E-state index in [1.54, 1.807) is 0 Å². The molecular weight excluding hydrogens is 266 g/mol. The number of aliphatic hydroxyl groups excluding tert-OH is 1. The molecule has 0 aliphatic carbocycles. The maximum Gasteiger partial charge on any atom is 0.310 e. The van der Waals surface area contributed by atoms with Crippen LogP contribution in [0.5, 0.6) is 0 Å². The molecule has 5 atom stereocenters. The van der Waals surface area contributed by atoms with Crippen molar-refractivity contribution in [2.45, 2.75) is 43.9 Å². The Balaban J connectivity index is 1.97. The third-order valence-corrected chi connectivity index (χ3v) is 5.30. The number of piperidine rings is 1. The van der Waals surface area contributed by atoms with Gasteiger partial charge in [-0.2, -0.15) is 0 Å². The van der Waals surface area contributed by atoms with Crippen LogP contribution >= 0.6 is 0 Å². The van der Waals surface area contributed by atoms with Crippen molar-refractivity contribution in [3.63, 3.8) is 0 Å². The summed E-state index contributed by atoms with van der Waals surface area (Å²) in [6.45, 7) is 2.06. The van der Waals surface area contributed by atoms with Crippen molar-refractivity contribution in [1.82, 2.24) is 4.90 Å². The Morgan fingerprint density at radius 3 is 2.52 bits per heavy atom. The molecule has 4 nitrogen and oxygen atoms in total. The van der Waals surface area contributed by atoms with Gasteiger partial charge in [0.05, 0.1) is 19.1 Å². The number of hydrogen-bond acceptors (Lipinski definition) is 4. The molecule has 0 radical (unpaired) electrons. The smallest absolute Gasteiger partial charge is 0.310 e. The van der Waals surface area contributed by atoms with Crippen LogP contribution < -0.4 is 0 Å². The summed E-state index contributed by atoms with van der Waals surface area (Å²) in [5.74, 6) is -0.234. The second-order valence-electron chi connectivity index (χ2n) is 6.41. The maximum absolute atomic E-state index is 12.3. The van der Waals surface area contributed by atoms with E-state index in [1.807, 2.05) is 7.05 Å². The molecular formula is C17H23NO3. The summed E-state index contributed by atoms with van der Waals surface area (Å²) in [4.78, 5) is 14.5. The van der Waals surface area contributed by atoms with Gasteiger partial charge in [-0.3, -0.25) is 9.69 Å². The molecule has 4 heteroatoms. The Labute approximate surface area is 125 Å². The minimum absolute atomic E-state index is 0.0671. The Hall–Kier alpha value is -1.39. The van der Waals surface area contributed by atoms with E-state index in [0.717, 1.165) is 6.42 Å². The zero-order chi connectivity index (χ0) is 15.1. The topological polar surface area (TPSA) is 49.8 Å². The number of nitrogens with zero attached hydrogens (tertiary/aromatic N) is 1. The lowest BCUT2D eigenvalue weighted by Crippen LogP contribution is -2.49. The Kier molecular flexibility index (Phi) is 3.76. The largest absolute Gasteiger partial charge is 0.469 e. The van der Waals surface area contributed by atoms with E-state index in [2.05, 4.69) is 36.1 Å². The van der Waals surface area contributed by atoms with Gasteiger partial charge in [-0.25, -0.2) is 0 Å². The first-order valence-corrected chi connectivity index (χ1v) is 7.57. The lowest BCUT2D eigenvalue weighted by Gasteiger charge is -2.41. The Bertz CT molecular complexity index is 527. The number of aliphatic hydroxyl groups is 1. The van der Waals surface area contributed by atoms with Crippen molar-refractivity contribution in [3.8, 4) is 0 Å².